The van der Waals surface area contributed by atoms with E-state index in [0.29, 0.717) is 11.3 Å². The van der Waals surface area contributed by atoms with Crippen LogP contribution in [-0.4, -0.2) is 65.9 Å². The van der Waals surface area contributed by atoms with Crippen molar-refractivity contribution in [3.8, 4) is 0 Å². The van der Waals surface area contributed by atoms with Gasteiger partial charge in [-0.15, -0.1) is 11.8 Å². The summed E-state index contributed by atoms with van der Waals surface area (Å²) in [5, 5.41) is 18.0. The van der Waals surface area contributed by atoms with Crippen molar-refractivity contribution in [2.75, 3.05) is 18.1 Å². The Balaban J connectivity index is 1.37. The fourth-order valence-electron chi connectivity index (χ4n) is 4.03. The predicted octanol–water partition coefficient (Wildman–Crippen LogP) is -1.49. The number of nitrogens with two attached hydrogens (primary N) is 1. The van der Waals surface area contributed by atoms with Crippen LogP contribution in [0.4, 0.5) is 5.13 Å². The van der Waals surface area contributed by atoms with E-state index in [2.05, 4.69) is 19.8 Å². The largest absolute Gasteiger partial charge is 0.543 e. The summed E-state index contributed by atoms with van der Waals surface area (Å²) in [5.74, 6) is -2.44. The van der Waals surface area contributed by atoms with Crippen LogP contribution in [0.15, 0.2) is 53.2 Å². The quantitative estimate of drug-likeness (QED) is 0.153. The first-order chi connectivity index (χ1) is 17.4. The molecule has 0 aromatic carbocycles. The molecule has 0 spiro atoms. The normalized spacial score (nSPS) is 19.8. The molecule has 3 N–H and O–H groups in total. The van der Waals surface area contributed by atoms with Gasteiger partial charge < -0.3 is 25.8 Å². The summed E-state index contributed by atoms with van der Waals surface area (Å²) < 4.78 is 7.78. The molecule has 2 aliphatic heterocycles. The van der Waals surface area contributed by atoms with E-state index in [1.165, 1.54) is 16.7 Å². The first-order valence-corrected chi connectivity index (χ1v) is 12.6. The van der Waals surface area contributed by atoms with Gasteiger partial charge in [0.05, 0.1) is 17.9 Å². The summed E-state index contributed by atoms with van der Waals surface area (Å²) in [7, 11) is 0. The van der Waals surface area contributed by atoms with Crippen LogP contribution >= 0.6 is 23.3 Å². The van der Waals surface area contributed by atoms with Gasteiger partial charge in [-0.1, -0.05) is 11.2 Å². The predicted molar refractivity (Wildman–Crippen MR) is 127 cm³/mol. The lowest BCUT2D eigenvalue weighted by atomic mass is 10.0. The van der Waals surface area contributed by atoms with Crippen molar-refractivity contribution in [3.05, 3.63) is 53.9 Å². The maximum atomic E-state index is 13.0. The van der Waals surface area contributed by atoms with Crippen LogP contribution in [0, 0.1) is 0 Å². The third-order valence-electron chi connectivity index (χ3n) is 5.61. The van der Waals surface area contributed by atoms with Crippen molar-refractivity contribution in [1.29, 1.82) is 0 Å². The number of amides is 2. The Morgan fingerprint density at radius 2 is 2.22 bits per heavy atom. The van der Waals surface area contributed by atoms with E-state index in [9.17, 15) is 19.5 Å². The fraction of sp³-hybridized carbons (Fsp3) is 0.286. The van der Waals surface area contributed by atoms with E-state index in [1.54, 1.807) is 6.92 Å². The SMILES string of the molecule is CCO/N=C(/C(=O)N[C@@H]1C(=O)N2C(C(=O)[O-])=C(C[n+]3ccn4ccccc43)CS[C@H]12)c1nsc(N)n1. The Bertz CT molecular complexity index is 1430. The van der Waals surface area contributed by atoms with Gasteiger partial charge in [0.15, 0.2) is 5.13 Å². The van der Waals surface area contributed by atoms with E-state index in [0.717, 1.165) is 17.2 Å². The number of fused-ring (bicyclic) bond motifs is 2. The summed E-state index contributed by atoms with van der Waals surface area (Å²) in [6.45, 7) is 2.16. The summed E-state index contributed by atoms with van der Waals surface area (Å²) in [6, 6.07) is 4.71. The second kappa shape index (κ2) is 9.58. The minimum Gasteiger partial charge on any atom is -0.543 e. The molecule has 36 heavy (non-hydrogen) atoms. The van der Waals surface area contributed by atoms with Gasteiger partial charge in [-0.3, -0.25) is 14.5 Å². The van der Waals surface area contributed by atoms with Crippen LogP contribution in [0.5, 0.6) is 0 Å². The standard InChI is InChI=1S/C21H20N8O5S2/c1-2-34-25-13(16-24-21(22)36-26-16)17(30)23-14-18(31)29-15(20(32)33)11(10-35-19(14)29)9-28-8-7-27-6-4-3-5-12(27)28/h3-8,14,19H,2,9-10H2,1H3,(H3-,22,23,24,26,30,32,33)/b25-13+/t14-,19-/m1/s1. The van der Waals surface area contributed by atoms with Crippen molar-refractivity contribution in [1.82, 2.24) is 24.0 Å². The van der Waals surface area contributed by atoms with Gasteiger partial charge in [-0.05, 0) is 13.0 Å². The number of thioether (sulfide) groups is 1. The molecule has 1 saturated heterocycles. The lowest BCUT2D eigenvalue weighted by molar-refractivity contribution is -0.662. The van der Waals surface area contributed by atoms with E-state index in [-0.39, 0.29) is 35.5 Å². The van der Waals surface area contributed by atoms with Gasteiger partial charge in [-0.2, -0.15) is 9.36 Å². The minimum absolute atomic E-state index is 0.0298. The smallest absolute Gasteiger partial charge is 0.286 e. The topological polar surface area (TPSA) is 171 Å². The van der Waals surface area contributed by atoms with Crippen LogP contribution in [-0.2, 0) is 25.8 Å². The average Bonchev–Trinajstić information content (AvgIpc) is 3.48. The molecule has 3 aromatic heterocycles. The minimum atomic E-state index is -1.45. The Hall–Kier alpha value is -3.98. The Labute approximate surface area is 212 Å². The van der Waals surface area contributed by atoms with E-state index in [4.69, 9.17) is 10.6 Å². The van der Waals surface area contributed by atoms with Gasteiger partial charge >= 0.3 is 0 Å². The van der Waals surface area contributed by atoms with Crippen LogP contribution in [0.2, 0.25) is 0 Å². The molecule has 2 aliphatic rings. The molecule has 0 radical (unpaired) electrons. The highest BCUT2D eigenvalue weighted by Gasteiger charge is 2.53. The lowest BCUT2D eigenvalue weighted by Gasteiger charge is -2.50. The molecule has 0 saturated carbocycles. The number of imidazole rings is 1. The number of carbonyl (C=O) groups excluding carboxylic acids is 3. The number of β-lactam (4-membered cyclic amide) rings is 1. The van der Waals surface area contributed by atoms with E-state index in [1.807, 2.05) is 45.8 Å². The fourth-order valence-corrected chi connectivity index (χ4v) is 5.80. The number of carboxylic acid groups (broad SMARTS) is 1. The number of carboxylic acids is 1. The van der Waals surface area contributed by atoms with Crippen molar-refractivity contribution in [2.24, 2.45) is 5.16 Å². The molecule has 13 nitrogen and oxygen atoms in total. The molecule has 3 aromatic rings. The maximum Gasteiger partial charge on any atom is 0.286 e. The van der Waals surface area contributed by atoms with Crippen LogP contribution in [0.25, 0.3) is 5.65 Å². The number of hydrogen-bond acceptors (Lipinski definition) is 11. The third-order valence-corrected chi connectivity index (χ3v) is 7.49. The number of rotatable bonds is 8. The molecule has 2 amide bonds. The molecule has 0 unspecified atom stereocenters. The van der Waals surface area contributed by atoms with Gasteiger partial charge in [0.2, 0.25) is 11.5 Å². The highest BCUT2D eigenvalue weighted by atomic mass is 32.2. The average molecular weight is 529 g/mol. The molecular weight excluding hydrogens is 508 g/mol. The van der Waals surface area contributed by atoms with Crippen molar-refractivity contribution in [3.63, 3.8) is 0 Å². The maximum absolute atomic E-state index is 13.0. The molecule has 0 aliphatic carbocycles. The number of pyridine rings is 1. The Kier molecular flexibility index (Phi) is 6.32. The zero-order chi connectivity index (χ0) is 25.4. The molecule has 15 heteroatoms. The van der Waals surface area contributed by atoms with E-state index >= 15 is 0 Å². The number of aliphatic carboxylic acids is 1. The summed E-state index contributed by atoms with van der Waals surface area (Å²) in [5.41, 5.74) is 6.62. The van der Waals surface area contributed by atoms with Crippen LogP contribution in [0.3, 0.4) is 0 Å². The summed E-state index contributed by atoms with van der Waals surface area (Å²) >= 11 is 2.24. The first kappa shape index (κ1) is 23.7. The zero-order valence-corrected chi connectivity index (χ0v) is 20.5. The first-order valence-electron chi connectivity index (χ1n) is 10.8. The van der Waals surface area contributed by atoms with Crippen molar-refractivity contribution in [2.45, 2.75) is 24.9 Å². The monoisotopic (exact) mass is 528 g/mol. The van der Waals surface area contributed by atoms with Crippen molar-refractivity contribution >= 4 is 57.6 Å². The molecule has 5 heterocycles. The van der Waals surface area contributed by atoms with Gasteiger partial charge in [0, 0.05) is 28.9 Å². The molecule has 0 bridgehead atoms. The highest BCUT2D eigenvalue weighted by Crippen LogP contribution is 2.40. The van der Waals surface area contributed by atoms with Crippen molar-refractivity contribution < 1.29 is 28.9 Å². The summed E-state index contributed by atoms with van der Waals surface area (Å²) in [6.07, 6.45) is 5.59. The lowest BCUT2D eigenvalue weighted by Crippen LogP contribution is -2.71. The Morgan fingerprint density at radius 3 is 2.94 bits per heavy atom. The van der Waals surface area contributed by atoms with Gasteiger partial charge in [0.1, 0.15) is 37.0 Å². The number of aromatic nitrogens is 4. The van der Waals surface area contributed by atoms with Crippen LogP contribution in [0.1, 0.15) is 12.7 Å². The number of nitrogens with zero attached hydrogens (tertiary/aromatic N) is 6. The van der Waals surface area contributed by atoms with Gasteiger partial charge in [-0.25, -0.2) is 8.97 Å². The number of oxime groups is 1. The zero-order valence-electron chi connectivity index (χ0n) is 18.9. The number of hydrogen-bond donors (Lipinski definition) is 2. The number of nitrogen functional groups attached to an aromatic ring is 1. The second-order valence-electron chi connectivity index (χ2n) is 7.81. The highest BCUT2D eigenvalue weighted by molar-refractivity contribution is 8.00. The number of nitrogens with one attached hydrogen (secondary N) is 1. The third kappa shape index (κ3) is 4.15. The van der Waals surface area contributed by atoms with Gasteiger partial charge in [0.25, 0.3) is 17.5 Å². The molecular formula is C21H20N8O5S2. The molecule has 186 valence electrons. The summed E-state index contributed by atoms with van der Waals surface area (Å²) in [4.78, 5) is 48.2. The molecule has 1 fully saturated rings. The number of anilines is 1. The molecule has 2 atom stereocenters. The van der Waals surface area contributed by atoms with Crippen LogP contribution < -0.4 is 20.7 Å². The second-order valence-corrected chi connectivity index (χ2v) is 9.70. The Morgan fingerprint density at radius 1 is 1.39 bits per heavy atom. The number of carbonyl (C=O) groups is 3. The molecule has 5 rings (SSSR count). The van der Waals surface area contributed by atoms with E-state index < -0.39 is 29.2 Å².